The molecule has 0 saturated heterocycles. The number of halogens is 5. The third-order valence-corrected chi connectivity index (χ3v) is 7.24. The summed E-state index contributed by atoms with van der Waals surface area (Å²) in [5.74, 6) is -2.80. The minimum atomic E-state index is -4.78. The van der Waals surface area contributed by atoms with Crippen LogP contribution in [0.3, 0.4) is 0 Å². The molecular formula is C29H21F5N2O2S. The van der Waals surface area contributed by atoms with Crippen LogP contribution in [-0.2, 0) is 11.3 Å². The van der Waals surface area contributed by atoms with E-state index in [9.17, 15) is 26.7 Å². The van der Waals surface area contributed by atoms with Gasteiger partial charge in [0.15, 0.2) is 0 Å². The molecule has 0 fully saturated rings. The Morgan fingerprint density at radius 1 is 0.923 bits per heavy atom. The summed E-state index contributed by atoms with van der Waals surface area (Å²) >= 11 is 1.50. The van der Waals surface area contributed by atoms with Gasteiger partial charge in [-0.25, -0.2) is 8.78 Å². The molecule has 1 aliphatic rings. The highest BCUT2D eigenvalue weighted by molar-refractivity contribution is 7.09. The maximum absolute atomic E-state index is 14.6. The molecule has 39 heavy (non-hydrogen) atoms. The quantitative estimate of drug-likeness (QED) is 0.240. The van der Waals surface area contributed by atoms with Gasteiger partial charge in [0.05, 0.1) is 24.1 Å². The van der Waals surface area contributed by atoms with Crippen LogP contribution >= 0.6 is 11.3 Å². The SMILES string of the molecule is O=C(NCc1cccs1)[C@H]1CC(c2c(F)cccc2F)=NC1c1ccc(-c2ccc(OC(F)(F)F)cc2)cc1. The molecule has 1 aromatic heterocycles. The highest BCUT2D eigenvalue weighted by atomic mass is 32.1. The Hall–Kier alpha value is -4.05. The van der Waals surface area contributed by atoms with Crippen LogP contribution in [0.5, 0.6) is 5.75 Å². The van der Waals surface area contributed by atoms with Gasteiger partial charge >= 0.3 is 6.36 Å². The van der Waals surface area contributed by atoms with Gasteiger partial charge in [0.25, 0.3) is 0 Å². The van der Waals surface area contributed by atoms with E-state index < -0.39 is 30.0 Å². The van der Waals surface area contributed by atoms with E-state index in [4.69, 9.17) is 0 Å². The maximum Gasteiger partial charge on any atom is 0.573 e. The summed E-state index contributed by atoms with van der Waals surface area (Å²) in [4.78, 5) is 18.8. The van der Waals surface area contributed by atoms with Gasteiger partial charge in [0.2, 0.25) is 5.91 Å². The topological polar surface area (TPSA) is 50.7 Å². The molecule has 1 N–H and O–H groups in total. The molecule has 2 heterocycles. The fraction of sp³-hybridized carbons (Fsp3) is 0.172. The average molecular weight is 557 g/mol. The molecule has 3 aromatic carbocycles. The fourth-order valence-corrected chi connectivity index (χ4v) is 5.20. The van der Waals surface area contributed by atoms with Crippen LogP contribution in [0.25, 0.3) is 11.1 Å². The van der Waals surface area contributed by atoms with Crippen LogP contribution in [0, 0.1) is 17.6 Å². The Labute approximate surface area is 224 Å². The number of nitrogens with one attached hydrogen (secondary N) is 1. The second kappa shape index (κ2) is 11.0. The smallest absolute Gasteiger partial charge is 0.406 e. The van der Waals surface area contributed by atoms with Gasteiger partial charge in [0, 0.05) is 17.0 Å². The lowest BCUT2D eigenvalue weighted by atomic mass is 9.90. The third kappa shape index (κ3) is 6.17. The van der Waals surface area contributed by atoms with Gasteiger partial charge in [-0.05, 0) is 52.4 Å². The summed E-state index contributed by atoms with van der Waals surface area (Å²) in [6.45, 7) is 0.329. The number of rotatable bonds is 7. The van der Waals surface area contributed by atoms with Crippen LogP contribution in [0.15, 0.2) is 89.2 Å². The van der Waals surface area contributed by atoms with Crippen molar-refractivity contribution in [3.8, 4) is 16.9 Å². The molecule has 5 rings (SSSR count). The standard InChI is InChI=1S/C29H21F5N2O2S/c30-23-4-1-5-24(31)26(23)25-15-22(28(37)35-16-21-3-2-14-39-21)27(36-25)19-8-6-17(7-9-19)18-10-12-20(13-11-18)38-29(32,33)34/h1-14,22,27H,15-16H2,(H,35,37)/t22-,27?/m0/s1. The van der Waals surface area contributed by atoms with Gasteiger partial charge in [-0.3, -0.25) is 9.79 Å². The van der Waals surface area contributed by atoms with E-state index in [0.717, 1.165) is 22.6 Å². The maximum atomic E-state index is 14.6. The molecule has 0 saturated carbocycles. The Bertz CT molecular complexity index is 1460. The van der Waals surface area contributed by atoms with E-state index in [1.165, 1.54) is 41.7 Å². The molecule has 4 aromatic rings. The highest BCUT2D eigenvalue weighted by Gasteiger charge is 2.37. The molecule has 1 unspecified atom stereocenters. The zero-order valence-electron chi connectivity index (χ0n) is 20.2. The number of amides is 1. The molecular weight excluding hydrogens is 535 g/mol. The van der Waals surface area contributed by atoms with Gasteiger partial charge in [-0.2, -0.15) is 0 Å². The lowest BCUT2D eigenvalue weighted by Crippen LogP contribution is -2.32. The molecule has 0 spiro atoms. The zero-order chi connectivity index (χ0) is 27.6. The molecule has 10 heteroatoms. The minimum Gasteiger partial charge on any atom is -0.406 e. The summed E-state index contributed by atoms with van der Waals surface area (Å²) < 4.78 is 70.4. The van der Waals surface area contributed by atoms with Crippen LogP contribution in [0.4, 0.5) is 22.0 Å². The monoisotopic (exact) mass is 556 g/mol. The highest BCUT2D eigenvalue weighted by Crippen LogP contribution is 2.38. The van der Waals surface area contributed by atoms with Crippen molar-refractivity contribution in [2.24, 2.45) is 10.9 Å². The number of hydrogen-bond donors (Lipinski definition) is 1. The van der Waals surface area contributed by atoms with E-state index in [1.807, 2.05) is 17.5 Å². The summed E-state index contributed by atoms with van der Waals surface area (Å²) in [6.07, 6.45) is -4.72. The average Bonchev–Trinajstić information content (AvgIpc) is 3.58. The summed E-state index contributed by atoms with van der Waals surface area (Å²) in [5, 5.41) is 4.81. The van der Waals surface area contributed by atoms with Crippen molar-refractivity contribution >= 4 is 23.0 Å². The fourth-order valence-electron chi connectivity index (χ4n) is 4.55. The van der Waals surface area contributed by atoms with Crippen molar-refractivity contribution in [3.05, 3.63) is 112 Å². The van der Waals surface area contributed by atoms with Gasteiger partial charge < -0.3 is 10.1 Å². The molecule has 4 nitrogen and oxygen atoms in total. The number of carbonyl (C=O) groups is 1. The Balaban J connectivity index is 1.41. The Kier molecular flexibility index (Phi) is 7.47. The van der Waals surface area contributed by atoms with E-state index in [2.05, 4.69) is 15.0 Å². The van der Waals surface area contributed by atoms with Crippen LogP contribution in [0.1, 0.15) is 28.5 Å². The first-order valence-corrected chi connectivity index (χ1v) is 12.8. The Morgan fingerprint density at radius 3 is 2.15 bits per heavy atom. The van der Waals surface area contributed by atoms with Crippen molar-refractivity contribution < 1.29 is 31.5 Å². The summed E-state index contributed by atoms with van der Waals surface area (Å²) in [5.41, 5.74) is 1.98. The van der Waals surface area contributed by atoms with Crippen molar-refractivity contribution in [2.75, 3.05) is 0 Å². The number of benzene rings is 3. The van der Waals surface area contributed by atoms with Crippen molar-refractivity contribution in [3.63, 3.8) is 0 Å². The minimum absolute atomic E-state index is 0.0568. The summed E-state index contributed by atoms with van der Waals surface area (Å²) in [7, 11) is 0. The molecule has 2 atom stereocenters. The number of carbonyl (C=O) groups excluding carboxylic acids is 1. The molecule has 0 radical (unpaired) electrons. The Morgan fingerprint density at radius 2 is 1.56 bits per heavy atom. The first kappa shape index (κ1) is 26.6. The number of thiophene rings is 1. The second-order valence-electron chi connectivity index (χ2n) is 8.92. The summed E-state index contributed by atoms with van der Waals surface area (Å²) in [6, 6.07) is 19.1. The van der Waals surface area contributed by atoms with Crippen LogP contribution in [0.2, 0.25) is 0 Å². The van der Waals surface area contributed by atoms with E-state index in [-0.39, 0.29) is 29.4 Å². The normalized spacial score (nSPS) is 17.1. The number of aliphatic imine (C=N–C) groups is 1. The largest absolute Gasteiger partial charge is 0.573 e. The van der Waals surface area contributed by atoms with Crippen LogP contribution < -0.4 is 10.1 Å². The first-order valence-electron chi connectivity index (χ1n) is 12.0. The van der Waals surface area contributed by atoms with E-state index >= 15 is 0 Å². The molecule has 1 amide bonds. The van der Waals surface area contributed by atoms with Crippen molar-refractivity contribution in [1.29, 1.82) is 0 Å². The lowest BCUT2D eigenvalue weighted by molar-refractivity contribution is -0.274. The number of ether oxygens (including phenoxy) is 1. The predicted molar refractivity (Wildman–Crippen MR) is 138 cm³/mol. The zero-order valence-corrected chi connectivity index (χ0v) is 21.0. The number of alkyl halides is 3. The van der Waals surface area contributed by atoms with Crippen LogP contribution in [-0.4, -0.2) is 18.0 Å². The van der Waals surface area contributed by atoms with E-state index in [0.29, 0.717) is 17.7 Å². The van der Waals surface area contributed by atoms with Crippen molar-refractivity contribution in [2.45, 2.75) is 25.4 Å². The number of hydrogen-bond acceptors (Lipinski definition) is 4. The first-order chi connectivity index (χ1) is 18.7. The van der Waals surface area contributed by atoms with E-state index in [1.54, 1.807) is 24.3 Å². The predicted octanol–water partition coefficient (Wildman–Crippen LogP) is 7.46. The van der Waals surface area contributed by atoms with Crippen molar-refractivity contribution in [1.82, 2.24) is 5.32 Å². The molecule has 0 aliphatic carbocycles. The molecule has 1 aliphatic heterocycles. The van der Waals surface area contributed by atoms with Gasteiger partial charge in [-0.1, -0.05) is 48.5 Å². The van der Waals surface area contributed by atoms with Gasteiger partial charge in [-0.15, -0.1) is 24.5 Å². The third-order valence-electron chi connectivity index (χ3n) is 6.37. The van der Waals surface area contributed by atoms with Gasteiger partial charge in [0.1, 0.15) is 17.4 Å². The lowest BCUT2D eigenvalue weighted by Gasteiger charge is -2.18. The second-order valence-corrected chi connectivity index (χ2v) is 9.95. The molecule has 0 bridgehead atoms. The number of nitrogens with zero attached hydrogens (tertiary/aromatic N) is 1. The molecule has 200 valence electrons.